The van der Waals surface area contributed by atoms with Gasteiger partial charge in [-0.1, -0.05) is 18.2 Å². The summed E-state index contributed by atoms with van der Waals surface area (Å²) in [5, 5.41) is 15.1. The number of nitrogens with one attached hydrogen (secondary N) is 2. The molecule has 0 spiro atoms. The Morgan fingerprint density at radius 3 is 2.88 bits per heavy atom. The van der Waals surface area contributed by atoms with Gasteiger partial charge < -0.3 is 20.5 Å². The second-order valence-corrected chi connectivity index (χ2v) is 3.58. The lowest BCUT2D eigenvalue weighted by Gasteiger charge is -2.07. The number of benzene rings is 1. The van der Waals surface area contributed by atoms with E-state index >= 15 is 0 Å². The highest BCUT2D eigenvalue weighted by atomic mass is 16.5. The number of carbonyl (C=O) groups is 1. The normalized spacial score (nSPS) is 10.2. The molecule has 0 aliphatic rings. The number of phenolic OH excluding ortho intramolecular Hbond substituents is 1. The van der Waals surface area contributed by atoms with Crippen LogP contribution in [0, 0.1) is 0 Å². The van der Waals surface area contributed by atoms with Crippen LogP contribution in [0.2, 0.25) is 0 Å². The van der Waals surface area contributed by atoms with E-state index in [1.54, 1.807) is 19.2 Å². The number of para-hydroxylation sites is 1. The van der Waals surface area contributed by atoms with Crippen LogP contribution in [0.4, 0.5) is 0 Å². The second-order valence-electron chi connectivity index (χ2n) is 3.58. The Morgan fingerprint density at radius 1 is 1.41 bits per heavy atom. The first-order chi connectivity index (χ1) is 8.24. The number of ether oxygens (including phenoxy) is 1. The highest BCUT2D eigenvalue weighted by Gasteiger charge is 2.02. The largest absolute Gasteiger partial charge is 0.508 e. The molecule has 0 saturated carbocycles. The molecule has 0 aromatic heterocycles. The van der Waals surface area contributed by atoms with Gasteiger partial charge in [0.1, 0.15) is 5.75 Å². The summed E-state index contributed by atoms with van der Waals surface area (Å²) in [6.45, 7) is 1.70. The molecule has 1 aromatic carbocycles. The molecule has 0 aliphatic carbocycles. The van der Waals surface area contributed by atoms with Gasteiger partial charge in [-0.3, -0.25) is 4.79 Å². The quantitative estimate of drug-likeness (QED) is 0.595. The first-order valence-electron chi connectivity index (χ1n) is 5.47. The predicted molar refractivity (Wildman–Crippen MR) is 64.7 cm³/mol. The minimum absolute atomic E-state index is 0.0857. The minimum atomic E-state index is -0.0857. The van der Waals surface area contributed by atoms with E-state index in [-0.39, 0.29) is 18.2 Å². The van der Waals surface area contributed by atoms with Gasteiger partial charge in [-0.15, -0.1) is 0 Å². The minimum Gasteiger partial charge on any atom is -0.508 e. The third kappa shape index (κ3) is 5.33. The molecule has 5 heteroatoms. The monoisotopic (exact) mass is 238 g/mol. The van der Waals surface area contributed by atoms with Gasteiger partial charge >= 0.3 is 0 Å². The summed E-state index contributed by atoms with van der Waals surface area (Å²) in [6.07, 6.45) is 0. The van der Waals surface area contributed by atoms with Crippen LogP contribution >= 0.6 is 0 Å². The van der Waals surface area contributed by atoms with E-state index < -0.39 is 0 Å². The Hall–Kier alpha value is -1.59. The molecule has 0 bridgehead atoms. The van der Waals surface area contributed by atoms with Crippen molar-refractivity contribution in [3.63, 3.8) is 0 Å². The lowest BCUT2D eigenvalue weighted by molar-refractivity contribution is -0.120. The van der Waals surface area contributed by atoms with E-state index in [4.69, 9.17) is 4.74 Å². The molecule has 1 amide bonds. The zero-order valence-corrected chi connectivity index (χ0v) is 9.90. The fourth-order valence-electron chi connectivity index (χ4n) is 1.33. The highest BCUT2D eigenvalue weighted by Crippen LogP contribution is 2.14. The first-order valence-corrected chi connectivity index (χ1v) is 5.47. The van der Waals surface area contributed by atoms with Crippen molar-refractivity contribution in [2.45, 2.75) is 6.54 Å². The Kier molecular flexibility index (Phi) is 6.06. The third-order valence-corrected chi connectivity index (χ3v) is 2.22. The molecule has 0 fully saturated rings. The zero-order valence-electron chi connectivity index (χ0n) is 9.90. The van der Waals surface area contributed by atoms with Crippen LogP contribution in [-0.4, -0.2) is 37.8 Å². The average Bonchev–Trinajstić information content (AvgIpc) is 2.32. The Labute approximate surface area is 101 Å². The number of methoxy groups -OCH3 is 1. The van der Waals surface area contributed by atoms with Crippen molar-refractivity contribution < 1.29 is 14.6 Å². The zero-order chi connectivity index (χ0) is 12.5. The van der Waals surface area contributed by atoms with E-state index in [1.165, 1.54) is 0 Å². The number of aromatic hydroxyl groups is 1. The summed E-state index contributed by atoms with van der Waals surface area (Å²) in [5.41, 5.74) is 0.775. The fraction of sp³-hybridized carbons (Fsp3) is 0.417. The van der Waals surface area contributed by atoms with Crippen molar-refractivity contribution >= 4 is 5.91 Å². The molecular formula is C12H18N2O3. The van der Waals surface area contributed by atoms with E-state index in [2.05, 4.69) is 10.6 Å². The molecule has 0 radical (unpaired) electrons. The maximum absolute atomic E-state index is 11.3. The lowest BCUT2D eigenvalue weighted by atomic mass is 10.2. The molecular weight excluding hydrogens is 220 g/mol. The molecule has 0 aliphatic heterocycles. The van der Waals surface area contributed by atoms with Crippen LogP contribution in [0.1, 0.15) is 5.56 Å². The number of hydrogen-bond donors (Lipinski definition) is 3. The second kappa shape index (κ2) is 7.65. The van der Waals surface area contributed by atoms with Crippen LogP contribution < -0.4 is 10.6 Å². The molecule has 17 heavy (non-hydrogen) atoms. The molecule has 94 valence electrons. The molecule has 3 N–H and O–H groups in total. The molecule has 0 unspecified atom stereocenters. The smallest absolute Gasteiger partial charge is 0.234 e. The van der Waals surface area contributed by atoms with Gasteiger partial charge in [-0.25, -0.2) is 0 Å². The molecule has 0 heterocycles. The van der Waals surface area contributed by atoms with E-state index in [1.807, 2.05) is 12.1 Å². The average molecular weight is 238 g/mol. The topological polar surface area (TPSA) is 70.6 Å². The van der Waals surface area contributed by atoms with Crippen LogP contribution in [0.25, 0.3) is 0 Å². The Bertz CT molecular complexity index is 355. The van der Waals surface area contributed by atoms with Crippen molar-refractivity contribution in [3.05, 3.63) is 29.8 Å². The van der Waals surface area contributed by atoms with Gasteiger partial charge in [0.05, 0.1) is 13.2 Å². The van der Waals surface area contributed by atoms with Crippen LogP contribution in [0.3, 0.4) is 0 Å². The number of carbonyl (C=O) groups excluding carboxylic acids is 1. The summed E-state index contributed by atoms with van der Waals surface area (Å²) in [4.78, 5) is 11.3. The maximum Gasteiger partial charge on any atom is 0.234 e. The number of phenols is 1. The van der Waals surface area contributed by atoms with Crippen molar-refractivity contribution in [2.75, 3.05) is 26.8 Å². The van der Waals surface area contributed by atoms with Gasteiger partial charge in [0, 0.05) is 25.8 Å². The Balaban J connectivity index is 2.19. The fourth-order valence-corrected chi connectivity index (χ4v) is 1.33. The van der Waals surface area contributed by atoms with Crippen LogP contribution in [-0.2, 0) is 16.1 Å². The number of rotatable bonds is 7. The van der Waals surface area contributed by atoms with Crippen molar-refractivity contribution in [3.8, 4) is 5.75 Å². The summed E-state index contributed by atoms with van der Waals surface area (Å²) in [5.74, 6) is 0.150. The molecule has 1 rings (SSSR count). The van der Waals surface area contributed by atoms with Gasteiger partial charge in [0.25, 0.3) is 0 Å². The standard InChI is InChI=1S/C12H18N2O3/c1-17-7-6-14-12(16)9-13-8-10-4-2-3-5-11(10)15/h2-5,13,15H,6-9H2,1H3,(H,14,16). The van der Waals surface area contributed by atoms with Crippen LogP contribution in [0.5, 0.6) is 5.75 Å². The molecule has 0 atom stereocenters. The SMILES string of the molecule is COCCNC(=O)CNCc1ccccc1O. The van der Waals surface area contributed by atoms with Crippen molar-refractivity contribution in [1.82, 2.24) is 10.6 Å². The van der Waals surface area contributed by atoms with E-state index in [0.29, 0.717) is 19.7 Å². The molecule has 0 saturated heterocycles. The van der Waals surface area contributed by atoms with Crippen molar-refractivity contribution in [2.24, 2.45) is 0 Å². The van der Waals surface area contributed by atoms with Crippen molar-refractivity contribution in [1.29, 1.82) is 0 Å². The summed E-state index contributed by atoms with van der Waals surface area (Å²) in [7, 11) is 1.59. The van der Waals surface area contributed by atoms with Gasteiger partial charge in [0.2, 0.25) is 5.91 Å². The summed E-state index contributed by atoms with van der Waals surface area (Å²) in [6, 6.07) is 7.03. The van der Waals surface area contributed by atoms with E-state index in [0.717, 1.165) is 5.56 Å². The highest BCUT2D eigenvalue weighted by molar-refractivity contribution is 5.77. The third-order valence-electron chi connectivity index (χ3n) is 2.22. The van der Waals surface area contributed by atoms with Gasteiger partial charge in [-0.2, -0.15) is 0 Å². The van der Waals surface area contributed by atoms with Crippen LogP contribution in [0.15, 0.2) is 24.3 Å². The number of hydrogen-bond acceptors (Lipinski definition) is 4. The van der Waals surface area contributed by atoms with E-state index in [9.17, 15) is 9.90 Å². The molecule has 5 nitrogen and oxygen atoms in total. The Morgan fingerprint density at radius 2 is 2.18 bits per heavy atom. The van der Waals surface area contributed by atoms with Gasteiger partial charge in [0.15, 0.2) is 0 Å². The molecule has 1 aromatic rings. The summed E-state index contributed by atoms with van der Waals surface area (Å²) >= 11 is 0. The number of amides is 1. The maximum atomic E-state index is 11.3. The summed E-state index contributed by atoms with van der Waals surface area (Å²) < 4.78 is 4.81. The first kappa shape index (κ1) is 13.5. The predicted octanol–water partition coefficient (Wildman–Crippen LogP) is 0.244. The van der Waals surface area contributed by atoms with Gasteiger partial charge in [-0.05, 0) is 6.07 Å². The lowest BCUT2D eigenvalue weighted by Crippen LogP contribution is -2.35.